The molecule has 0 fully saturated rings. The second-order valence-corrected chi connectivity index (χ2v) is 4.91. The number of carboxylic acids is 1. The van der Waals surface area contributed by atoms with Gasteiger partial charge in [0.1, 0.15) is 0 Å². The summed E-state index contributed by atoms with van der Waals surface area (Å²) in [5.41, 5.74) is 3.05. The maximum atomic E-state index is 11.0. The fourth-order valence-electron chi connectivity index (χ4n) is 2.57. The van der Waals surface area contributed by atoms with Crippen molar-refractivity contribution >= 4 is 5.97 Å². The van der Waals surface area contributed by atoms with Gasteiger partial charge in [0.2, 0.25) is 0 Å². The molecule has 0 saturated carbocycles. The van der Waals surface area contributed by atoms with Crippen LogP contribution in [0.4, 0.5) is 0 Å². The van der Waals surface area contributed by atoms with Crippen LogP contribution in [-0.2, 0) is 12.8 Å². The van der Waals surface area contributed by atoms with E-state index in [9.17, 15) is 4.79 Å². The van der Waals surface area contributed by atoms with Crippen LogP contribution in [0.15, 0.2) is 18.2 Å². The zero-order valence-electron chi connectivity index (χ0n) is 10.2. The number of aromatic carboxylic acids is 1. The minimum Gasteiger partial charge on any atom is -0.478 e. The van der Waals surface area contributed by atoms with Gasteiger partial charge in [-0.15, -0.1) is 0 Å². The number of aryl methyl sites for hydroxylation is 2. The van der Waals surface area contributed by atoms with E-state index in [0.29, 0.717) is 5.56 Å². The molecule has 0 heterocycles. The predicted octanol–water partition coefficient (Wildman–Crippen LogP) is 3.82. The monoisotopic (exact) mass is 232 g/mol. The van der Waals surface area contributed by atoms with E-state index in [2.05, 4.69) is 0 Å². The molecule has 2 heteroatoms. The minimum absolute atomic E-state index is 0.431. The molecular formula is C15H20O2. The molecule has 92 valence electrons. The Morgan fingerprint density at radius 2 is 1.47 bits per heavy atom. The van der Waals surface area contributed by atoms with Crippen molar-refractivity contribution in [3.63, 3.8) is 0 Å². The van der Waals surface area contributed by atoms with Gasteiger partial charge in [0.25, 0.3) is 0 Å². The summed E-state index contributed by atoms with van der Waals surface area (Å²) in [6, 6.07) is 5.63. The molecule has 0 amide bonds. The molecule has 0 aromatic heterocycles. The van der Waals surface area contributed by atoms with Crippen LogP contribution in [-0.4, -0.2) is 11.1 Å². The molecule has 17 heavy (non-hydrogen) atoms. The lowest BCUT2D eigenvalue weighted by atomic mass is 9.93. The normalized spacial score (nSPS) is 17.2. The van der Waals surface area contributed by atoms with Gasteiger partial charge in [0.15, 0.2) is 0 Å². The van der Waals surface area contributed by atoms with Gasteiger partial charge >= 0.3 is 5.97 Å². The topological polar surface area (TPSA) is 37.3 Å². The van der Waals surface area contributed by atoms with Crippen molar-refractivity contribution in [2.45, 2.75) is 51.4 Å². The lowest BCUT2D eigenvalue weighted by Crippen LogP contribution is -2.02. The first-order valence-corrected chi connectivity index (χ1v) is 6.62. The number of hydrogen-bond acceptors (Lipinski definition) is 1. The Kier molecular flexibility index (Phi) is 4.18. The molecule has 0 aliphatic heterocycles. The average molecular weight is 232 g/mol. The number of benzene rings is 1. The standard InChI is InChI=1S/C15H20O2/c16-15(17)14-10-9-12-7-5-3-1-2-4-6-8-13(12)11-14/h9-11H,1-8H2,(H,16,17). The SMILES string of the molecule is O=C(O)c1ccc2c(c1)CCCCCCCC2. The molecule has 0 spiro atoms. The van der Waals surface area contributed by atoms with E-state index in [1.807, 2.05) is 12.1 Å². The highest BCUT2D eigenvalue weighted by Gasteiger charge is 2.09. The zero-order valence-corrected chi connectivity index (χ0v) is 10.2. The van der Waals surface area contributed by atoms with Gasteiger partial charge in [-0.05, 0) is 48.9 Å². The number of fused-ring (bicyclic) bond motifs is 1. The summed E-state index contributed by atoms with van der Waals surface area (Å²) >= 11 is 0. The maximum Gasteiger partial charge on any atom is 0.335 e. The summed E-state index contributed by atoms with van der Waals surface area (Å²) in [4.78, 5) is 11.0. The second-order valence-electron chi connectivity index (χ2n) is 4.91. The minimum atomic E-state index is -0.815. The third-order valence-corrected chi connectivity index (χ3v) is 3.60. The first kappa shape index (κ1) is 12.2. The number of carboxylic acid groups (broad SMARTS) is 1. The van der Waals surface area contributed by atoms with Crippen LogP contribution in [0, 0.1) is 0 Å². The Bertz CT molecular complexity index is 396. The van der Waals surface area contributed by atoms with Gasteiger partial charge in [-0.3, -0.25) is 0 Å². The van der Waals surface area contributed by atoms with Gasteiger partial charge in [-0.1, -0.05) is 31.7 Å². The van der Waals surface area contributed by atoms with E-state index >= 15 is 0 Å². The van der Waals surface area contributed by atoms with Crippen LogP contribution < -0.4 is 0 Å². The van der Waals surface area contributed by atoms with Gasteiger partial charge in [-0.25, -0.2) is 4.79 Å². The largest absolute Gasteiger partial charge is 0.478 e. The summed E-state index contributed by atoms with van der Waals surface area (Å²) in [7, 11) is 0. The molecule has 0 bridgehead atoms. The van der Waals surface area contributed by atoms with Gasteiger partial charge in [0, 0.05) is 0 Å². The fraction of sp³-hybridized carbons (Fsp3) is 0.533. The van der Waals surface area contributed by atoms with E-state index in [4.69, 9.17) is 5.11 Å². The Morgan fingerprint density at radius 1 is 0.882 bits per heavy atom. The summed E-state index contributed by atoms with van der Waals surface area (Å²) in [5.74, 6) is -0.815. The van der Waals surface area contributed by atoms with Crippen LogP contribution >= 0.6 is 0 Å². The molecule has 1 aromatic carbocycles. The van der Waals surface area contributed by atoms with Crippen LogP contribution in [0.3, 0.4) is 0 Å². The molecule has 0 unspecified atom stereocenters. The summed E-state index contributed by atoms with van der Waals surface area (Å²) in [6.45, 7) is 0. The molecule has 0 atom stereocenters. The zero-order chi connectivity index (χ0) is 12.1. The molecule has 1 aliphatic carbocycles. The summed E-state index contributed by atoms with van der Waals surface area (Å²) in [5, 5.41) is 9.01. The van der Waals surface area contributed by atoms with E-state index in [-0.39, 0.29) is 0 Å². The van der Waals surface area contributed by atoms with Crippen molar-refractivity contribution in [2.75, 3.05) is 0 Å². The molecule has 0 radical (unpaired) electrons. The Morgan fingerprint density at radius 3 is 2.12 bits per heavy atom. The highest BCUT2D eigenvalue weighted by molar-refractivity contribution is 5.87. The lowest BCUT2D eigenvalue weighted by Gasteiger charge is -2.13. The van der Waals surface area contributed by atoms with Crippen molar-refractivity contribution in [1.29, 1.82) is 0 Å². The quantitative estimate of drug-likeness (QED) is 0.799. The maximum absolute atomic E-state index is 11.0. The lowest BCUT2D eigenvalue weighted by molar-refractivity contribution is 0.0696. The number of hydrogen-bond donors (Lipinski definition) is 1. The van der Waals surface area contributed by atoms with E-state index in [1.54, 1.807) is 6.07 Å². The Labute approximate surface area is 103 Å². The highest BCUT2D eigenvalue weighted by atomic mass is 16.4. The molecule has 2 rings (SSSR count). The van der Waals surface area contributed by atoms with Crippen molar-refractivity contribution in [3.8, 4) is 0 Å². The summed E-state index contributed by atoms with van der Waals surface area (Å²) < 4.78 is 0. The van der Waals surface area contributed by atoms with Crippen LogP contribution in [0.25, 0.3) is 0 Å². The number of carbonyl (C=O) groups is 1. The molecule has 1 N–H and O–H groups in total. The van der Waals surface area contributed by atoms with Crippen molar-refractivity contribution in [3.05, 3.63) is 34.9 Å². The fourth-order valence-corrected chi connectivity index (χ4v) is 2.57. The van der Waals surface area contributed by atoms with E-state index < -0.39 is 5.97 Å². The van der Waals surface area contributed by atoms with Crippen LogP contribution in [0.5, 0.6) is 0 Å². The smallest absolute Gasteiger partial charge is 0.335 e. The van der Waals surface area contributed by atoms with Crippen molar-refractivity contribution in [2.24, 2.45) is 0 Å². The molecule has 1 aromatic rings. The summed E-state index contributed by atoms with van der Waals surface area (Å²) in [6.07, 6.45) is 9.83. The van der Waals surface area contributed by atoms with Gasteiger partial charge < -0.3 is 5.11 Å². The van der Waals surface area contributed by atoms with Crippen molar-refractivity contribution in [1.82, 2.24) is 0 Å². The average Bonchev–Trinajstić information content (AvgIpc) is 2.34. The predicted molar refractivity (Wildman–Crippen MR) is 68.5 cm³/mol. The van der Waals surface area contributed by atoms with Gasteiger partial charge in [-0.2, -0.15) is 0 Å². The Balaban J connectivity index is 2.22. The first-order valence-electron chi connectivity index (χ1n) is 6.62. The Hall–Kier alpha value is -1.31. The molecule has 0 saturated heterocycles. The molecule has 2 nitrogen and oxygen atoms in total. The van der Waals surface area contributed by atoms with Crippen LogP contribution in [0.2, 0.25) is 0 Å². The molecule has 1 aliphatic rings. The first-order chi connectivity index (χ1) is 8.27. The number of rotatable bonds is 1. The third kappa shape index (κ3) is 3.32. The van der Waals surface area contributed by atoms with E-state index in [1.165, 1.54) is 49.7 Å². The van der Waals surface area contributed by atoms with Crippen LogP contribution in [0.1, 0.15) is 60.0 Å². The third-order valence-electron chi connectivity index (χ3n) is 3.60. The highest BCUT2D eigenvalue weighted by Crippen LogP contribution is 2.20. The molecular weight excluding hydrogens is 212 g/mol. The van der Waals surface area contributed by atoms with Crippen molar-refractivity contribution < 1.29 is 9.90 Å². The van der Waals surface area contributed by atoms with E-state index in [0.717, 1.165) is 12.8 Å². The second kappa shape index (κ2) is 5.85. The van der Waals surface area contributed by atoms with Gasteiger partial charge in [0.05, 0.1) is 5.56 Å².